The third-order valence-corrected chi connectivity index (χ3v) is 7.25. The van der Waals surface area contributed by atoms with E-state index < -0.39 is 38.4 Å². The third kappa shape index (κ3) is 6.71. The molecule has 228 valence electrons. The number of ether oxygens (including phenoxy) is 2. The average Bonchev–Trinajstić information content (AvgIpc) is 2.96. The standard InChI is InChI=1S/C30H29N5O8S/c1-5-42-29(37)18-9-12-21(30(38)43-6-2)22(14-18)33-35-27-23(44(39,40)41)15-19-13-17(4)26(25(31)24(19)28(27)36)34-32-20-10-7-16(3)8-11-20/h7-15,36H,5-6,31H2,1-4H3,(H,39,40,41). The predicted octanol–water partition coefficient (Wildman–Crippen LogP) is 7.18. The first-order chi connectivity index (χ1) is 20.8. The van der Waals surface area contributed by atoms with Crippen molar-refractivity contribution < 1.29 is 37.1 Å². The van der Waals surface area contributed by atoms with Crippen LogP contribution in [-0.4, -0.2) is 43.2 Å². The number of nitrogens with two attached hydrogens (primary N) is 1. The van der Waals surface area contributed by atoms with Crippen molar-refractivity contribution in [2.45, 2.75) is 32.6 Å². The first-order valence-electron chi connectivity index (χ1n) is 13.3. The number of anilines is 1. The number of aryl methyl sites for hydroxylation is 2. The van der Waals surface area contributed by atoms with E-state index in [4.69, 9.17) is 15.2 Å². The zero-order valence-electron chi connectivity index (χ0n) is 24.2. The van der Waals surface area contributed by atoms with Crippen molar-refractivity contribution in [1.29, 1.82) is 0 Å². The topological polar surface area (TPSA) is 203 Å². The monoisotopic (exact) mass is 619 g/mol. The summed E-state index contributed by atoms with van der Waals surface area (Å²) in [5.41, 5.74) is 7.73. The molecule has 14 heteroatoms. The molecule has 0 radical (unpaired) electrons. The highest BCUT2D eigenvalue weighted by Crippen LogP contribution is 2.47. The summed E-state index contributed by atoms with van der Waals surface area (Å²) in [6.45, 7) is 6.94. The highest BCUT2D eigenvalue weighted by Gasteiger charge is 2.25. The summed E-state index contributed by atoms with van der Waals surface area (Å²) in [5, 5.41) is 27.8. The van der Waals surface area contributed by atoms with Gasteiger partial charge in [0.15, 0.2) is 5.75 Å². The highest BCUT2D eigenvalue weighted by molar-refractivity contribution is 7.86. The molecule has 0 amide bonds. The van der Waals surface area contributed by atoms with Crippen molar-refractivity contribution in [1.82, 2.24) is 0 Å². The zero-order chi connectivity index (χ0) is 32.2. The summed E-state index contributed by atoms with van der Waals surface area (Å²) in [4.78, 5) is 24.1. The van der Waals surface area contributed by atoms with Crippen molar-refractivity contribution in [2.24, 2.45) is 20.5 Å². The van der Waals surface area contributed by atoms with E-state index >= 15 is 0 Å². The quantitative estimate of drug-likeness (QED) is 0.0750. The highest BCUT2D eigenvalue weighted by atomic mass is 32.2. The molecule has 4 aromatic carbocycles. The molecule has 0 unspecified atom stereocenters. The number of hydrogen-bond donors (Lipinski definition) is 3. The number of esters is 2. The van der Waals surface area contributed by atoms with E-state index in [-0.39, 0.29) is 52.2 Å². The number of benzene rings is 4. The normalized spacial score (nSPS) is 11.8. The third-order valence-electron chi connectivity index (χ3n) is 6.38. The van der Waals surface area contributed by atoms with Crippen LogP contribution < -0.4 is 5.73 Å². The first kappa shape index (κ1) is 31.7. The maximum absolute atomic E-state index is 12.6. The molecule has 0 saturated heterocycles. The van der Waals surface area contributed by atoms with Gasteiger partial charge >= 0.3 is 11.9 Å². The van der Waals surface area contributed by atoms with Gasteiger partial charge in [0.1, 0.15) is 22.0 Å². The summed E-state index contributed by atoms with van der Waals surface area (Å²) < 4.78 is 44.9. The fourth-order valence-electron chi connectivity index (χ4n) is 4.27. The zero-order valence-corrected chi connectivity index (χ0v) is 25.0. The van der Waals surface area contributed by atoms with Gasteiger partial charge in [0.2, 0.25) is 0 Å². The van der Waals surface area contributed by atoms with Crippen molar-refractivity contribution in [3.05, 3.63) is 76.9 Å². The van der Waals surface area contributed by atoms with Crippen LogP contribution in [0.25, 0.3) is 10.8 Å². The predicted molar refractivity (Wildman–Crippen MR) is 162 cm³/mol. The number of carbonyl (C=O) groups is 2. The number of aromatic hydroxyl groups is 1. The summed E-state index contributed by atoms with van der Waals surface area (Å²) in [7, 11) is -4.96. The van der Waals surface area contributed by atoms with Crippen LogP contribution in [0.1, 0.15) is 45.7 Å². The average molecular weight is 620 g/mol. The van der Waals surface area contributed by atoms with Crippen LogP contribution in [0.5, 0.6) is 5.75 Å². The minimum atomic E-state index is -4.96. The molecule has 0 aliphatic heterocycles. The van der Waals surface area contributed by atoms with Gasteiger partial charge in [-0.05, 0) is 81.1 Å². The van der Waals surface area contributed by atoms with Gasteiger partial charge in [-0.2, -0.15) is 13.5 Å². The van der Waals surface area contributed by atoms with Gasteiger partial charge in [-0.15, -0.1) is 15.3 Å². The fraction of sp³-hybridized carbons (Fsp3) is 0.200. The van der Waals surface area contributed by atoms with Gasteiger partial charge in [0, 0.05) is 0 Å². The van der Waals surface area contributed by atoms with Gasteiger partial charge < -0.3 is 20.3 Å². The molecule has 0 spiro atoms. The minimum Gasteiger partial charge on any atom is -0.505 e. The summed E-state index contributed by atoms with van der Waals surface area (Å²) >= 11 is 0. The second kappa shape index (κ2) is 13.0. The molecule has 44 heavy (non-hydrogen) atoms. The molecule has 0 atom stereocenters. The lowest BCUT2D eigenvalue weighted by molar-refractivity contribution is 0.0512. The maximum Gasteiger partial charge on any atom is 0.340 e. The van der Waals surface area contributed by atoms with Gasteiger partial charge in [-0.25, -0.2) is 9.59 Å². The molecule has 0 fully saturated rings. The van der Waals surface area contributed by atoms with Gasteiger partial charge in [0.05, 0.1) is 41.1 Å². The van der Waals surface area contributed by atoms with Crippen molar-refractivity contribution in [2.75, 3.05) is 18.9 Å². The number of rotatable bonds is 9. The van der Waals surface area contributed by atoms with E-state index in [1.807, 2.05) is 19.1 Å². The van der Waals surface area contributed by atoms with Crippen LogP contribution in [0.4, 0.5) is 28.4 Å². The minimum absolute atomic E-state index is 0.0230. The fourth-order valence-corrected chi connectivity index (χ4v) is 4.93. The van der Waals surface area contributed by atoms with Crippen LogP contribution in [-0.2, 0) is 19.6 Å². The van der Waals surface area contributed by atoms with E-state index in [0.29, 0.717) is 11.3 Å². The Morgan fingerprint density at radius 3 is 2.11 bits per heavy atom. The lowest BCUT2D eigenvalue weighted by Crippen LogP contribution is -2.08. The van der Waals surface area contributed by atoms with E-state index in [9.17, 15) is 27.7 Å². The Bertz CT molecular complexity index is 1940. The molecule has 0 saturated carbocycles. The number of nitrogens with zero attached hydrogens (tertiary/aromatic N) is 4. The van der Waals surface area contributed by atoms with E-state index in [2.05, 4.69) is 20.5 Å². The van der Waals surface area contributed by atoms with Crippen molar-refractivity contribution in [3.63, 3.8) is 0 Å². The summed E-state index contributed by atoms with van der Waals surface area (Å²) in [5.74, 6) is -2.23. The van der Waals surface area contributed by atoms with E-state index in [1.54, 1.807) is 32.9 Å². The molecule has 0 heterocycles. The molecular formula is C30H29N5O8S. The van der Waals surface area contributed by atoms with E-state index in [0.717, 1.165) is 11.6 Å². The molecule has 13 nitrogen and oxygen atoms in total. The van der Waals surface area contributed by atoms with Crippen LogP contribution in [0.15, 0.2) is 79.9 Å². The van der Waals surface area contributed by atoms with Crippen LogP contribution in [0.2, 0.25) is 0 Å². The van der Waals surface area contributed by atoms with Crippen molar-refractivity contribution in [3.8, 4) is 5.75 Å². The Morgan fingerprint density at radius 2 is 1.48 bits per heavy atom. The number of phenols is 1. The van der Waals surface area contributed by atoms with Crippen LogP contribution in [0, 0.1) is 13.8 Å². The van der Waals surface area contributed by atoms with Crippen LogP contribution in [0.3, 0.4) is 0 Å². The second-order valence-corrected chi connectivity index (χ2v) is 10.9. The number of hydrogen-bond acceptors (Lipinski definition) is 12. The Morgan fingerprint density at radius 1 is 0.841 bits per heavy atom. The summed E-state index contributed by atoms with van der Waals surface area (Å²) in [6.07, 6.45) is 0. The summed E-state index contributed by atoms with van der Waals surface area (Å²) in [6, 6.07) is 13.6. The molecule has 4 aromatic rings. The Labute approximate surface area is 252 Å². The molecule has 0 aromatic heterocycles. The number of nitrogen functional groups attached to an aromatic ring is 1. The number of fused-ring (bicyclic) bond motifs is 1. The van der Waals surface area contributed by atoms with Gasteiger partial charge in [-0.3, -0.25) is 4.55 Å². The SMILES string of the molecule is CCOC(=O)c1ccc(C(=O)OCC)c(N=Nc2c(S(=O)(=O)O)cc3cc(C)c(N=Nc4ccc(C)cc4)c(N)c3c2O)c1. The Balaban J connectivity index is 1.92. The molecule has 0 bridgehead atoms. The Kier molecular flexibility index (Phi) is 9.35. The molecular weight excluding hydrogens is 590 g/mol. The number of carbonyl (C=O) groups excluding carboxylic acids is 2. The smallest absolute Gasteiger partial charge is 0.340 e. The number of phenolic OH excluding ortho intramolecular Hbond substituents is 1. The maximum atomic E-state index is 12.6. The molecule has 0 aliphatic rings. The Hall–Kier alpha value is -5.21. The lowest BCUT2D eigenvalue weighted by atomic mass is 10.0. The molecule has 4 N–H and O–H groups in total. The molecule has 0 aliphatic carbocycles. The second-order valence-electron chi connectivity index (χ2n) is 9.51. The largest absolute Gasteiger partial charge is 0.505 e. The lowest BCUT2D eigenvalue weighted by Gasteiger charge is -2.14. The number of azo groups is 2. The van der Waals surface area contributed by atoms with E-state index in [1.165, 1.54) is 24.3 Å². The van der Waals surface area contributed by atoms with Gasteiger partial charge in [0.25, 0.3) is 10.1 Å². The van der Waals surface area contributed by atoms with Crippen molar-refractivity contribution >= 4 is 61.3 Å². The van der Waals surface area contributed by atoms with Crippen LogP contribution >= 0.6 is 0 Å². The first-order valence-corrected chi connectivity index (χ1v) is 14.7. The molecule has 4 rings (SSSR count). The van der Waals surface area contributed by atoms with Gasteiger partial charge in [-0.1, -0.05) is 17.7 Å².